The number of amides is 1. The molecular formula is C14H20F2N6O4S. The molecule has 27 heavy (non-hydrogen) atoms. The quantitative estimate of drug-likeness (QED) is 0.749. The number of alkyl halides is 2. The van der Waals surface area contributed by atoms with E-state index in [9.17, 15) is 22.0 Å². The number of aromatic nitrogens is 3. The summed E-state index contributed by atoms with van der Waals surface area (Å²) in [7, 11) is -4.20. The van der Waals surface area contributed by atoms with Gasteiger partial charge in [-0.15, -0.1) is 5.10 Å². The van der Waals surface area contributed by atoms with Crippen LogP contribution in [0.3, 0.4) is 0 Å². The Bertz CT molecular complexity index is 859. The molecule has 0 bridgehead atoms. The minimum atomic E-state index is -4.20. The Morgan fingerprint density at radius 1 is 1.44 bits per heavy atom. The van der Waals surface area contributed by atoms with Crippen LogP contribution in [0.2, 0.25) is 0 Å². The smallest absolute Gasteiger partial charge is 0.410 e. The molecule has 1 amide bonds. The maximum Gasteiger partial charge on any atom is 0.410 e. The van der Waals surface area contributed by atoms with Crippen LogP contribution in [0, 0.1) is 5.41 Å². The number of rotatable bonds is 5. The van der Waals surface area contributed by atoms with Crippen molar-refractivity contribution in [3.63, 3.8) is 0 Å². The molecule has 0 spiro atoms. The molecule has 2 heterocycles. The number of hydrogen-bond donors (Lipinski definition) is 2. The van der Waals surface area contributed by atoms with Crippen LogP contribution in [-0.4, -0.2) is 65.0 Å². The van der Waals surface area contributed by atoms with Crippen molar-refractivity contribution in [3.8, 4) is 0 Å². The van der Waals surface area contributed by atoms with E-state index >= 15 is 0 Å². The molecule has 0 unspecified atom stereocenters. The van der Waals surface area contributed by atoms with E-state index in [2.05, 4.69) is 14.8 Å². The van der Waals surface area contributed by atoms with Crippen LogP contribution in [0.25, 0.3) is 0 Å². The fourth-order valence-electron chi connectivity index (χ4n) is 2.07. The van der Waals surface area contributed by atoms with Gasteiger partial charge in [0.1, 0.15) is 18.5 Å². The minimum absolute atomic E-state index is 0.0104. The van der Waals surface area contributed by atoms with Gasteiger partial charge in [0.05, 0.1) is 18.8 Å². The number of sulfonamides is 1. The first-order valence-electron chi connectivity index (χ1n) is 7.82. The van der Waals surface area contributed by atoms with Crippen molar-refractivity contribution in [3.05, 3.63) is 18.1 Å². The highest BCUT2D eigenvalue weighted by Crippen LogP contribution is 2.16. The molecule has 0 aromatic carbocycles. The number of carbonyl (C=O) groups excluding carboxylic acids is 1. The lowest BCUT2D eigenvalue weighted by Gasteiger charge is -2.23. The largest absolute Gasteiger partial charge is 0.444 e. The molecule has 1 fully saturated rings. The molecule has 1 aromatic heterocycles. The predicted octanol–water partition coefficient (Wildman–Crippen LogP) is 0.976. The first-order chi connectivity index (χ1) is 12.4. The molecule has 2 N–H and O–H groups in total. The molecule has 0 aliphatic carbocycles. The van der Waals surface area contributed by atoms with Gasteiger partial charge in [-0.3, -0.25) is 9.62 Å². The highest BCUT2D eigenvalue weighted by atomic mass is 32.2. The van der Waals surface area contributed by atoms with E-state index in [1.165, 1.54) is 4.90 Å². The van der Waals surface area contributed by atoms with Gasteiger partial charge < -0.3 is 10.1 Å². The van der Waals surface area contributed by atoms with Crippen molar-refractivity contribution in [2.24, 2.45) is 0 Å². The first kappa shape index (κ1) is 20.7. The second-order valence-electron chi connectivity index (χ2n) is 6.75. The van der Waals surface area contributed by atoms with Crippen LogP contribution >= 0.6 is 0 Å². The van der Waals surface area contributed by atoms with E-state index in [1.54, 1.807) is 20.8 Å². The van der Waals surface area contributed by atoms with E-state index in [1.807, 2.05) is 0 Å². The van der Waals surface area contributed by atoms with Crippen LogP contribution in [0.15, 0.2) is 23.3 Å². The molecule has 150 valence electrons. The molecule has 2 rings (SSSR count). The van der Waals surface area contributed by atoms with Crippen molar-refractivity contribution >= 4 is 21.8 Å². The Labute approximate surface area is 154 Å². The first-order valence-corrected chi connectivity index (χ1v) is 9.30. The van der Waals surface area contributed by atoms with Gasteiger partial charge >= 0.3 is 6.09 Å². The second-order valence-corrected chi connectivity index (χ2v) is 8.35. The summed E-state index contributed by atoms with van der Waals surface area (Å²) in [5.41, 5.74) is -0.396. The minimum Gasteiger partial charge on any atom is -0.444 e. The van der Waals surface area contributed by atoms with Gasteiger partial charge in [-0.1, -0.05) is 0 Å². The predicted molar refractivity (Wildman–Crippen MR) is 90.0 cm³/mol. The van der Waals surface area contributed by atoms with E-state index in [0.29, 0.717) is 4.68 Å². The summed E-state index contributed by atoms with van der Waals surface area (Å²) in [6.45, 7) is 4.30. The van der Waals surface area contributed by atoms with Crippen molar-refractivity contribution in [1.29, 1.82) is 5.41 Å². The number of nitrogens with zero attached hydrogens (tertiary/aromatic N) is 4. The van der Waals surface area contributed by atoms with Crippen LogP contribution < -0.4 is 4.72 Å². The van der Waals surface area contributed by atoms with Crippen molar-refractivity contribution in [1.82, 2.24) is 24.4 Å². The summed E-state index contributed by atoms with van der Waals surface area (Å²) in [5, 5.41) is 10.7. The van der Waals surface area contributed by atoms with E-state index < -0.39 is 39.8 Å². The van der Waals surface area contributed by atoms with E-state index in [-0.39, 0.29) is 24.4 Å². The maximum absolute atomic E-state index is 12.3. The SMILES string of the molecule is CC(C)(C)OC(=O)N1CC(=N)/C(=C\NS(=O)(=O)c2ncn(CC(F)F)n2)C1. The Morgan fingerprint density at radius 3 is 2.70 bits per heavy atom. The second kappa shape index (κ2) is 7.58. The van der Waals surface area contributed by atoms with Crippen LogP contribution in [-0.2, 0) is 21.3 Å². The van der Waals surface area contributed by atoms with Crippen LogP contribution in [0.1, 0.15) is 20.8 Å². The molecule has 1 saturated heterocycles. The lowest BCUT2D eigenvalue weighted by molar-refractivity contribution is 0.0309. The Morgan fingerprint density at radius 2 is 2.11 bits per heavy atom. The number of ether oxygens (including phenoxy) is 1. The van der Waals surface area contributed by atoms with Gasteiger partial charge in [0.15, 0.2) is 0 Å². The van der Waals surface area contributed by atoms with Crippen LogP contribution in [0.4, 0.5) is 13.6 Å². The molecule has 1 aliphatic heterocycles. The summed E-state index contributed by atoms with van der Waals surface area (Å²) >= 11 is 0. The van der Waals surface area contributed by atoms with Crippen molar-refractivity contribution < 1.29 is 26.7 Å². The molecule has 0 atom stereocenters. The van der Waals surface area contributed by atoms with Crippen molar-refractivity contribution in [2.45, 2.75) is 44.5 Å². The van der Waals surface area contributed by atoms with Gasteiger partial charge in [-0.2, -0.15) is 8.42 Å². The number of nitrogens with one attached hydrogen (secondary N) is 2. The number of likely N-dealkylation sites (tertiary alicyclic amines) is 1. The van der Waals surface area contributed by atoms with Gasteiger partial charge in [-0.05, 0) is 20.8 Å². The average Bonchev–Trinajstić information content (AvgIpc) is 3.10. The Hall–Kier alpha value is -2.57. The molecule has 0 saturated carbocycles. The molecule has 13 heteroatoms. The average molecular weight is 406 g/mol. The molecule has 1 aromatic rings. The van der Waals surface area contributed by atoms with Crippen molar-refractivity contribution in [2.75, 3.05) is 13.1 Å². The summed E-state index contributed by atoms with van der Waals surface area (Å²) in [5.74, 6) is 0. The Kier molecular flexibility index (Phi) is 5.82. The molecule has 10 nitrogen and oxygen atoms in total. The summed E-state index contributed by atoms with van der Waals surface area (Å²) in [6, 6.07) is 0. The summed E-state index contributed by atoms with van der Waals surface area (Å²) in [6.07, 6.45) is -1.38. The number of hydrogen-bond acceptors (Lipinski definition) is 7. The fourth-order valence-corrected chi connectivity index (χ4v) is 2.87. The summed E-state index contributed by atoms with van der Waals surface area (Å²) in [4.78, 5) is 16.8. The Balaban J connectivity index is 2.05. The number of carbonyl (C=O) groups is 1. The fraction of sp³-hybridized carbons (Fsp3) is 0.571. The molecule has 1 aliphatic rings. The third kappa shape index (κ3) is 5.70. The van der Waals surface area contributed by atoms with Crippen LogP contribution in [0.5, 0.6) is 0 Å². The lowest BCUT2D eigenvalue weighted by Crippen LogP contribution is -2.35. The summed E-state index contributed by atoms with van der Waals surface area (Å²) < 4.78 is 56.9. The monoisotopic (exact) mass is 406 g/mol. The zero-order chi connectivity index (χ0) is 20.4. The lowest BCUT2D eigenvalue weighted by atomic mass is 10.2. The zero-order valence-corrected chi connectivity index (χ0v) is 15.8. The topological polar surface area (TPSA) is 130 Å². The molecule has 0 radical (unpaired) electrons. The normalized spacial score (nSPS) is 17.0. The number of halogens is 2. The standard InChI is InChI=1S/C14H20F2N6O4S/c1-14(2,3)26-13(23)21-5-9(10(17)6-21)4-19-27(24,25)12-18-8-22(20-12)7-11(15)16/h4,8,11,17,19H,5-7H2,1-3H3/b9-4-,17-10?. The van der Waals surface area contributed by atoms with Gasteiger partial charge in [-0.25, -0.2) is 23.2 Å². The third-order valence-corrected chi connectivity index (χ3v) is 4.31. The zero-order valence-electron chi connectivity index (χ0n) is 14.9. The highest BCUT2D eigenvalue weighted by molar-refractivity contribution is 7.89. The van der Waals surface area contributed by atoms with Gasteiger partial charge in [0.25, 0.3) is 21.6 Å². The highest BCUT2D eigenvalue weighted by Gasteiger charge is 2.30. The van der Waals surface area contributed by atoms with Gasteiger partial charge in [0.2, 0.25) is 0 Å². The molecular weight excluding hydrogens is 386 g/mol. The third-order valence-electron chi connectivity index (χ3n) is 3.22. The van der Waals surface area contributed by atoms with E-state index in [0.717, 1.165) is 12.5 Å². The van der Waals surface area contributed by atoms with Gasteiger partial charge in [0, 0.05) is 11.8 Å². The maximum atomic E-state index is 12.3. The van der Waals surface area contributed by atoms with E-state index in [4.69, 9.17) is 10.1 Å².